The number of hydrogen-bond acceptors (Lipinski definition) is 7. The van der Waals surface area contributed by atoms with Crippen LogP contribution in [0.15, 0.2) is 51.7 Å². The summed E-state index contributed by atoms with van der Waals surface area (Å²) in [5.41, 5.74) is 0.358. The molecule has 0 unspecified atom stereocenters. The van der Waals surface area contributed by atoms with E-state index in [2.05, 4.69) is 4.90 Å². The molecule has 0 saturated carbocycles. The molecule has 0 spiro atoms. The van der Waals surface area contributed by atoms with E-state index in [-0.39, 0.29) is 34.6 Å². The highest BCUT2D eigenvalue weighted by atomic mass is 35.5. The number of phenols is 2. The van der Waals surface area contributed by atoms with Gasteiger partial charge in [0.05, 0.1) is 25.2 Å². The van der Waals surface area contributed by atoms with Crippen LogP contribution in [0, 0.1) is 0 Å². The van der Waals surface area contributed by atoms with Gasteiger partial charge in [0.1, 0.15) is 11.5 Å². The third-order valence-corrected chi connectivity index (χ3v) is 5.23. The van der Waals surface area contributed by atoms with Gasteiger partial charge in [-0.15, -0.1) is 12.4 Å². The second-order valence-electron chi connectivity index (χ2n) is 7.32. The molecule has 2 N–H and O–H groups in total. The number of hydrogen-bond donors (Lipinski definition) is 2. The van der Waals surface area contributed by atoms with Crippen molar-refractivity contribution in [1.29, 1.82) is 0 Å². The molecule has 31 heavy (non-hydrogen) atoms. The van der Waals surface area contributed by atoms with Gasteiger partial charge >= 0.3 is 0 Å². The third kappa shape index (κ3) is 5.50. The molecule has 1 aromatic heterocycles. The van der Waals surface area contributed by atoms with Gasteiger partial charge in [-0.25, -0.2) is 0 Å². The number of aromatic hydroxyl groups is 2. The molecule has 0 aliphatic carbocycles. The minimum Gasteiger partial charge on any atom is -0.504 e. The van der Waals surface area contributed by atoms with Crippen LogP contribution in [-0.2, 0) is 4.74 Å². The topological polar surface area (TPSA) is 92.4 Å². The third-order valence-electron chi connectivity index (χ3n) is 5.23. The van der Waals surface area contributed by atoms with Crippen molar-refractivity contribution in [2.24, 2.45) is 0 Å². The molecule has 3 aromatic rings. The fraction of sp³-hybridized carbons (Fsp3) is 0.348. The molecule has 2 heterocycles. The van der Waals surface area contributed by atoms with Gasteiger partial charge in [0, 0.05) is 24.7 Å². The van der Waals surface area contributed by atoms with Crippen molar-refractivity contribution in [2.75, 3.05) is 39.5 Å². The van der Waals surface area contributed by atoms with Gasteiger partial charge in [0.25, 0.3) is 0 Å². The van der Waals surface area contributed by atoms with Crippen LogP contribution in [0.3, 0.4) is 0 Å². The molecular formula is C23H26ClNO6. The van der Waals surface area contributed by atoms with Gasteiger partial charge in [0.2, 0.25) is 5.75 Å². The summed E-state index contributed by atoms with van der Waals surface area (Å²) in [6.07, 6.45) is 2.05. The van der Waals surface area contributed by atoms with Crippen molar-refractivity contribution in [3.05, 3.63) is 52.7 Å². The SMILES string of the molecule is Cl.O=c1cc(-c2ccc(OCCCCN3CCOCC3)cc2)oc2c(O)c(O)ccc12. The van der Waals surface area contributed by atoms with Crippen LogP contribution in [0.2, 0.25) is 0 Å². The van der Waals surface area contributed by atoms with E-state index in [1.54, 1.807) is 12.1 Å². The molecule has 1 fully saturated rings. The Labute approximate surface area is 186 Å². The monoisotopic (exact) mass is 447 g/mol. The molecule has 0 atom stereocenters. The maximum absolute atomic E-state index is 12.3. The Morgan fingerprint density at radius 3 is 2.48 bits per heavy atom. The second kappa shape index (κ2) is 10.5. The Morgan fingerprint density at radius 1 is 1.00 bits per heavy atom. The lowest BCUT2D eigenvalue weighted by atomic mass is 10.1. The number of benzene rings is 2. The second-order valence-corrected chi connectivity index (χ2v) is 7.32. The van der Waals surface area contributed by atoms with Crippen LogP contribution >= 0.6 is 12.4 Å². The van der Waals surface area contributed by atoms with Crippen molar-refractivity contribution < 1.29 is 24.1 Å². The van der Waals surface area contributed by atoms with Crippen LogP contribution in [0.25, 0.3) is 22.3 Å². The highest BCUT2D eigenvalue weighted by Gasteiger charge is 2.13. The molecule has 7 nitrogen and oxygen atoms in total. The molecule has 8 heteroatoms. The summed E-state index contributed by atoms with van der Waals surface area (Å²) < 4.78 is 16.8. The maximum atomic E-state index is 12.3. The first kappa shape index (κ1) is 22.9. The fourth-order valence-electron chi connectivity index (χ4n) is 3.50. The van der Waals surface area contributed by atoms with E-state index in [0.717, 1.165) is 51.4 Å². The van der Waals surface area contributed by atoms with Crippen molar-refractivity contribution >= 4 is 23.4 Å². The Kier molecular flexibility index (Phi) is 7.79. The van der Waals surface area contributed by atoms with E-state index in [1.165, 1.54) is 18.2 Å². The smallest absolute Gasteiger partial charge is 0.201 e. The fourth-order valence-corrected chi connectivity index (χ4v) is 3.50. The van der Waals surface area contributed by atoms with E-state index in [9.17, 15) is 15.0 Å². The number of nitrogens with zero attached hydrogens (tertiary/aromatic N) is 1. The van der Waals surface area contributed by atoms with Crippen LogP contribution in [-0.4, -0.2) is 54.6 Å². The van der Waals surface area contributed by atoms with Gasteiger partial charge in [-0.3, -0.25) is 9.69 Å². The minimum atomic E-state index is -0.441. The van der Waals surface area contributed by atoms with Crippen LogP contribution in [0.1, 0.15) is 12.8 Å². The van der Waals surface area contributed by atoms with E-state index in [1.807, 2.05) is 12.1 Å². The summed E-state index contributed by atoms with van der Waals surface area (Å²) in [7, 11) is 0. The van der Waals surface area contributed by atoms with Crippen LogP contribution < -0.4 is 10.2 Å². The molecule has 2 aromatic carbocycles. The van der Waals surface area contributed by atoms with E-state index >= 15 is 0 Å². The molecule has 1 saturated heterocycles. The summed E-state index contributed by atoms with van der Waals surface area (Å²) in [5, 5.41) is 19.9. The summed E-state index contributed by atoms with van der Waals surface area (Å²) in [5.74, 6) is 0.280. The predicted octanol–water partition coefficient (Wildman–Crippen LogP) is 3.78. The lowest BCUT2D eigenvalue weighted by molar-refractivity contribution is 0.0368. The zero-order valence-electron chi connectivity index (χ0n) is 17.1. The number of rotatable bonds is 7. The molecule has 0 bridgehead atoms. The van der Waals surface area contributed by atoms with E-state index in [4.69, 9.17) is 13.9 Å². The number of halogens is 1. The summed E-state index contributed by atoms with van der Waals surface area (Å²) in [4.78, 5) is 14.7. The standard InChI is InChI=1S/C23H25NO6.ClH/c25-19-8-7-18-20(26)15-21(30-23(18)22(19)27)16-3-5-17(6-4-16)29-12-2-1-9-24-10-13-28-14-11-24;/h3-8,15,25,27H,1-2,9-14H2;1H. The van der Waals surface area contributed by atoms with Crippen molar-refractivity contribution in [2.45, 2.75) is 12.8 Å². The van der Waals surface area contributed by atoms with E-state index in [0.29, 0.717) is 17.9 Å². The van der Waals surface area contributed by atoms with Crippen molar-refractivity contribution in [3.8, 4) is 28.6 Å². The predicted molar refractivity (Wildman–Crippen MR) is 120 cm³/mol. The first-order valence-electron chi connectivity index (χ1n) is 10.1. The normalized spacial score (nSPS) is 14.3. The van der Waals surface area contributed by atoms with Crippen molar-refractivity contribution in [1.82, 2.24) is 4.90 Å². The minimum absolute atomic E-state index is 0. The lowest BCUT2D eigenvalue weighted by Gasteiger charge is -2.26. The Bertz CT molecular complexity index is 1060. The summed E-state index contributed by atoms with van der Waals surface area (Å²) in [6.45, 7) is 5.36. The molecule has 0 amide bonds. The average Bonchev–Trinajstić information content (AvgIpc) is 2.77. The van der Waals surface area contributed by atoms with Crippen molar-refractivity contribution in [3.63, 3.8) is 0 Å². The van der Waals surface area contributed by atoms with Gasteiger partial charge in [0.15, 0.2) is 16.8 Å². The Balaban J connectivity index is 0.00000272. The molecular weight excluding hydrogens is 422 g/mol. The molecule has 166 valence electrons. The molecule has 4 rings (SSSR count). The number of phenolic OH excluding ortho intramolecular Hbond substituents is 2. The maximum Gasteiger partial charge on any atom is 0.201 e. The zero-order valence-corrected chi connectivity index (χ0v) is 17.9. The van der Waals surface area contributed by atoms with Gasteiger partial charge in [-0.1, -0.05) is 0 Å². The summed E-state index contributed by atoms with van der Waals surface area (Å²) >= 11 is 0. The number of ether oxygens (including phenoxy) is 2. The molecule has 0 radical (unpaired) electrons. The number of unbranched alkanes of at least 4 members (excludes halogenated alkanes) is 1. The van der Waals surface area contributed by atoms with Gasteiger partial charge in [-0.05, 0) is 55.8 Å². The largest absolute Gasteiger partial charge is 0.504 e. The summed E-state index contributed by atoms with van der Waals surface area (Å²) in [6, 6.07) is 11.3. The van der Waals surface area contributed by atoms with E-state index < -0.39 is 5.75 Å². The van der Waals surface area contributed by atoms with Gasteiger partial charge in [-0.2, -0.15) is 0 Å². The Morgan fingerprint density at radius 2 is 1.74 bits per heavy atom. The first-order valence-corrected chi connectivity index (χ1v) is 10.1. The number of morpholine rings is 1. The Hall–Kier alpha value is -2.74. The molecule has 1 aliphatic rings. The lowest BCUT2D eigenvalue weighted by Crippen LogP contribution is -2.36. The van der Waals surface area contributed by atoms with Gasteiger partial charge < -0.3 is 24.1 Å². The first-order chi connectivity index (χ1) is 14.6. The zero-order chi connectivity index (χ0) is 20.9. The highest BCUT2D eigenvalue weighted by Crippen LogP contribution is 2.34. The molecule has 1 aliphatic heterocycles. The van der Waals surface area contributed by atoms with Crippen LogP contribution in [0.4, 0.5) is 0 Å². The quantitative estimate of drug-likeness (QED) is 0.420. The average molecular weight is 448 g/mol. The highest BCUT2D eigenvalue weighted by molar-refractivity contribution is 5.86. The number of fused-ring (bicyclic) bond motifs is 1. The van der Waals surface area contributed by atoms with Crippen LogP contribution in [0.5, 0.6) is 17.2 Å².